The Labute approximate surface area is 201 Å². The first-order chi connectivity index (χ1) is 16.6. The molecule has 0 bridgehead atoms. The maximum Gasteiger partial charge on any atom is 0.338 e. The Bertz CT molecular complexity index is 1060. The SMILES string of the molecule is C=Cc1ccc(C(=O)OCCN(CC)CCCOc2ccc(C(=O)c3ccccc3)cc2)cc1. The summed E-state index contributed by atoms with van der Waals surface area (Å²) in [6.07, 6.45) is 2.58. The minimum absolute atomic E-state index is 0.000200. The van der Waals surface area contributed by atoms with E-state index in [0.29, 0.717) is 36.4 Å². The largest absolute Gasteiger partial charge is 0.494 e. The zero-order valence-corrected chi connectivity index (χ0v) is 19.6. The van der Waals surface area contributed by atoms with Gasteiger partial charge in [0.05, 0.1) is 12.2 Å². The predicted molar refractivity (Wildman–Crippen MR) is 135 cm³/mol. The van der Waals surface area contributed by atoms with E-state index in [1.807, 2.05) is 54.6 Å². The molecule has 0 aromatic heterocycles. The average Bonchev–Trinajstić information content (AvgIpc) is 2.90. The molecule has 0 aliphatic carbocycles. The van der Waals surface area contributed by atoms with E-state index in [-0.39, 0.29) is 11.8 Å². The van der Waals surface area contributed by atoms with Crippen LogP contribution in [0.3, 0.4) is 0 Å². The molecular weight excluding hydrogens is 426 g/mol. The smallest absolute Gasteiger partial charge is 0.338 e. The van der Waals surface area contributed by atoms with Gasteiger partial charge in [0.25, 0.3) is 0 Å². The fourth-order valence-corrected chi connectivity index (χ4v) is 3.47. The van der Waals surface area contributed by atoms with E-state index in [0.717, 1.165) is 30.8 Å². The molecule has 0 amide bonds. The van der Waals surface area contributed by atoms with E-state index >= 15 is 0 Å². The lowest BCUT2D eigenvalue weighted by Gasteiger charge is -2.20. The highest BCUT2D eigenvalue weighted by atomic mass is 16.5. The molecule has 0 aliphatic rings. The maximum atomic E-state index is 12.5. The Morgan fingerprint density at radius 1 is 0.824 bits per heavy atom. The van der Waals surface area contributed by atoms with Gasteiger partial charge < -0.3 is 14.4 Å². The molecule has 3 aromatic rings. The first-order valence-corrected chi connectivity index (χ1v) is 11.5. The molecule has 0 saturated heterocycles. The van der Waals surface area contributed by atoms with E-state index in [4.69, 9.17) is 9.47 Å². The number of hydrogen-bond donors (Lipinski definition) is 0. The van der Waals surface area contributed by atoms with Gasteiger partial charge in [0.2, 0.25) is 0 Å². The van der Waals surface area contributed by atoms with E-state index in [1.54, 1.807) is 30.3 Å². The number of ketones is 1. The van der Waals surface area contributed by atoms with Crippen LogP contribution in [0.4, 0.5) is 0 Å². The highest BCUT2D eigenvalue weighted by molar-refractivity contribution is 6.08. The van der Waals surface area contributed by atoms with Crippen molar-refractivity contribution >= 4 is 17.8 Å². The van der Waals surface area contributed by atoms with Gasteiger partial charge in [-0.05, 0) is 54.9 Å². The van der Waals surface area contributed by atoms with E-state index in [9.17, 15) is 9.59 Å². The number of hydrogen-bond acceptors (Lipinski definition) is 5. The summed E-state index contributed by atoms with van der Waals surface area (Å²) >= 11 is 0. The zero-order chi connectivity index (χ0) is 24.2. The summed E-state index contributed by atoms with van der Waals surface area (Å²) in [6, 6.07) is 23.7. The molecule has 0 fully saturated rings. The molecule has 5 heteroatoms. The van der Waals surface area contributed by atoms with Gasteiger partial charge in [-0.25, -0.2) is 4.79 Å². The van der Waals surface area contributed by atoms with Crippen LogP contribution in [0.15, 0.2) is 85.4 Å². The third kappa shape index (κ3) is 7.42. The Hall–Kier alpha value is -3.70. The van der Waals surface area contributed by atoms with Crippen molar-refractivity contribution in [1.82, 2.24) is 4.90 Å². The first kappa shape index (κ1) is 24.9. The monoisotopic (exact) mass is 457 g/mol. The Morgan fingerprint density at radius 3 is 2.12 bits per heavy atom. The van der Waals surface area contributed by atoms with Crippen LogP contribution in [0.1, 0.15) is 45.2 Å². The molecule has 0 N–H and O–H groups in total. The van der Waals surface area contributed by atoms with Crippen molar-refractivity contribution in [3.8, 4) is 5.75 Å². The predicted octanol–water partition coefficient (Wildman–Crippen LogP) is 5.51. The average molecular weight is 458 g/mol. The Kier molecular flexibility index (Phi) is 9.62. The quantitative estimate of drug-likeness (QED) is 0.192. The minimum atomic E-state index is -0.316. The van der Waals surface area contributed by atoms with Crippen LogP contribution in [0.2, 0.25) is 0 Å². The molecule has 3 aromatic carbocycles. The lowest BCUT2D eigenvalue weighted by molar-refractivity contribution is 0.0461. The van der Waals surface area contributed by atoms with Gasteiger partial charge in [-0.15, -0.1) is 0 Å². The third-order valence-electron chi connectivity index (χ3n) is 5.51. The number of ether oxygens (including phenoxy) is 2. The second kappa shape index (κ2) is 13.1. The van der Waals surface area contributed by atoms with E-state index in [1.165, 1.54) is 0 Å². The topological polar surface area (TPSA) is 55.8 Å². The van der Waals surface area contributed by atoms with Crippen molar-refractivity contribution in [3.63, 3.8) is 0 Å². The van der Waals surface area contributed by atoms with Crippen molar-refractivity contribution in [2.45, 2.75) is 13.3 Å². The van der Waals surface area contributed by atoms with Gasteiger partial charge in [0.15, 0.2) is 5.78 Å². The fourth-order valence-electron chi connectivity index (χ4n) is 3.47. The summed E-state index contributed by atoms with van der Waals surface area (Å²) in [7, 11) is 0. The number of likely N-dealkylation sites (N-methyl/N-ethyl adjacent to an activating group) is 1. The number of rotatable bonds is 13. The molecule has 3 rings (SSSR count). The van der Waals surface area contributed by atoms with Crippen molar-refractivity contribution in [2.75, 3.05) is 32.8 Å². The van der Waals surface area contributed by atoms with Gasteiger partial charge >= 0.3 is 5.97 Å². The van der Waals surface area contributed by atoms with Crippen LogP contribution in [-0.2, 0) is 4.74 Å². The maximum absolute atomic E-state index is 12.5. The summed E-state index contributed by atoms with van der Waals surface area (Å²) in [5.41, 5.74) is 2.82. The van der Waals surface area contributed by atoms with Crippen molar-refractivity contribution in [3.05, 3.63) is 108 Å². The van der Waals surface area contributed by atoms with Gasteiger partial charge in [0.1, 0.15) is 12.4 Å². The van der Waals surface area contributed by atoms with Crippen LogP contribution in [0.5, 0.6) is 5.75 Å². The van der Waals surface area contributed by atoms with Crippen LogP contribution in [0.25, 0.3) is 6.08 Å². The molecule has 0 saturated carbocycles. The van der Waals surface area contributed by atoms with Gasteiger partial charge in [0, 0.05) is 24.2 Å². The normalized spacial score (nSPS) is 10.6. The molecule has 0 heterocycles. The lowest BCUT2D eigenvalue weighted by Crippen LogP contribution is -2.30. The van der Waals surface area contributed by atoms with Crippen LogP contribution in [0, 0.1) is 0 Å². The highest BCUT2D eigenvalue weighted by Gasteiger charge is 2.10. The van der Waals surface area contributed by atoms with Crippen LogP contribution < -0.4 is 4.74 Å². The summed E-state index contributed by atoms with van der Waals surface area (Å²) in [5.74, 6) is 0.425. The molecule has 0 aliphatic heterocycles. The van der Waals surface area contributed by atoms with Crippen molar-refractivity contribution in [2.24, 2.45) is 0 Å². The number of esters is 1. The Morgan fingerprint density at radius 2 is 1.47 bits per heavy atom. The first-order valence-electron chi connectivity index (χ1n) is 11.5. The molecule has 5 nitrogen and oxygen atoms in total. The lowest BCUT2D eigenvalue weighted by atomic mass is 10.0. The van der Waals surface area contributed by atoms with Gasteiger partial charge in [-0.3, -0.25) is 4.79 Å². The standard InChI is InChI=1S/C29H31NO4/c1-3-23-11-13-26(14-12-23)29(32)34-22-20-30(4-2)19-8-21-33-27-17-15-25(16-18-27)28(31)24-9-6-5-7-10-24/h3,5-7,9-18H,1,4,8,19-22H2,2H3. The molecule has 34 heavy (non-hydrogen) atoms. The van der Waals surface area contributed by atoms with Gasteiger partial charge in [-0.2, -0.15) is 0 Å². The Balaban J connectivity index is 1.35. The summed E-state index contributed by atoms with van der Waals surface area (Å²) in [4.78, 5) is 26.9. The zero-order valence-electron chi connectivity index (χ0n) is 19.6. The number of benzene rings is 3. The fraction of sp³-hybridized carbons (Fsp3) is 0.241. The molecule has 0 spiro atoms. The number of nitrogens with zero attached hydrogens (tertiary/aromatic N) is 1. The van der Waals surface area contributed by atoms with Crippen molar-refractivity contribution in [1.29, 1.82) is 0 Å². The minimum Gasteiger partial charge on any atom is -0.494 e. The van der Waals surface area contributed by atoms with Crippen LogP contribution >= 0.6 is 0 Å². The van der Waals surface area contributed by atoms with E-state index < -0.39 is 0 Å². The molecule has 176 valence electrons. The summed E-state index contributed by atoms with van der Waals surface area (Å²) < 4.78 is 11.2. The number of carbonyl (C=O) groups excluding carboxylic acids is 2. The molecule has 0 atom stereocenters. The van der Waals surface area contributed by atoms with E-state index in [2.05, 4.69) is 18.4 Å². The third-order valence-corrected chi connectivity index (χ3v) is 5.51. The second-order valence-corrected chi connectivity index (χ2v) is 7.82. The second-order valence-electron chi connectivity index (χ2n) is 7.82. The van der Waals surface area contributed by atoms with Gasteiger partial charge in [-0.1, -0.05) is 62.0 Å². The molecular formula is C29H31NO4. The van der Waals surface area contributed by atoms with Crippen LogP contribution in [-0.4, -0.2) is 49.5 Å². The molecule has 0 unspecified atom stereocenters. The highest BCUT2D eigenvalue weighted by Crippen LogP contribution is 2.16. The van der Waals surface area contributed by atoms with Crippen molar-refractivity contribution < 1.29 is 19.1 Å². The summed E-state index contributed by atoms with van der Waals surface area (Å²) in [5, 5.41) is 0. The molecule has 0 radical (unpaired) electrons. The number of carbonyl (C=O) groups is 2. The summed E-state index contributed by atoms with van der Waals surface area (Å²) in [6.45, 7) is 9.07.